The van der Waals surface area contributed by atoms with Gasteiger partial charge in [0.25, 0.3) is 0 Å². The van der Waals surface area contributed by atoms with Crippen molar-refractivity contribution in [1.82, 2.24) is 9.55 Å². The maximum atomic E-state index is 6.90. The van der Waals surface area contributed by atoms with Gasteiger partial charge in [0.1, 0.15) is 5.82 Å². The van der Waals surface area contributed by atoms with Crippen LogP contribution in [0.15, 0.2) is 182 Å². The summed E-state index contributed by atoms with van der Waals surface area (Å²) in [6, 6.07) is 65.5. The zero-order valence-electron chi connectivity index (χ0n) is 40.3. The van der Waals surface area contributed by atoms with Crippen molar-refractivity contribution in [2.75, 3.05) is 9.80 Å². The number of hydrogen-bond donors (Lipinski definition) is 0. The van der Waals surface area contributed by atoms with Crippen molar-refractivity contribution in [3.63, 3.8) is 0 Å². The largest absolute Gasteiger partial charge is 0.509 e. The van der Waals surface area contributed by atoms with Crippen molar-refractivity contribution in [1.29, 1.82) is 0 Å². The van der Waals surface area contributed by atoms with Gasteiger partial charge in [0.2, 0.25) is 0 Å². The van der Waals surface area contributed by atoms with Crippen LogP contribution in [0, 0.1) is 24.2 Å². The van der Waals surface area contributed by atoms with Crippen LogP contribution in [0.4, 0.5) is 11.4 Å². The number of ether oxygens (including phenoxy) is 1. The number of nitrogens with zero attached hydrogens (tertiary/aromatic N) is 4. The van der Waals surface area contributed by atoms with Crippen LogP contribution in [0.5, 0.6) is 11.5 Å². The summed E-state index contributed by atoms with van der Waals surface area (Å²) in [4.78, 5) is 9.45. The first-order chi connectivity index (χ1) is 32.1. The first-order valence-electron chi connectivity index (χ1n) is 23.3. The monoisotopic (exact) mass is 1070 g/mol. The number of anilines is 2. The third-order valence-electron chi connectivity index (χ3n) is 12.7. The number of aromatic nitrogens is 2. The number of allylic oxidation sites excluding steroid dienone is 1. The normalized spacial score (nSPS) is 13.2. The zero-order chi connectivity index (χ0) is 46.7. The van der Waals surface area contributed by atoms with Crippen LogP contribution in [0.1, 0.15) is 73.4 Å². The van der Waals surface area contributed by atoms with Gasteiger partial charge in [-0.2, -0.15) is 6.07 Å². The fraction of sp³-hybridized carbons (Fsp3) is 0.194. The Morgan fingerprint density at radius 2 is 1.13 bits per heavy atom. The molecule has 7 aromatic carbocycles. The number of pyridine rings is 1. The van der Waals surface area contributed by atoms with Crippen molar-refractivity contribution in [2.45, 2.75) is 73.1 Å². The summed E-state index contributed by atoms with van der Waals surface area (Å²) in [6.45, 7) is 22.7. The molecule has 0 radical (unpaired) electrons. The van der Waals surface area contributed by atoms with E-state index in [-0.39, 0.29) is 37.3 Å². The topological polar surface area (TPSA) is 33.5 Å². The molecule has 0 amide bonds. The molecule has 344 valence electrons. The maximum absolute atomic E-state index is 6.90. The van der Waals surface area contributed by atoms with Gasteiger partial charge < -0.3 is 19.1 Å². The summed E-state index contributed by atoms with van der Waals surface area (Å²) in [5.74, 6) is 2.03. The fourth-order valence-electron chi connectivity index (χ4n) is 9.38. The van der Waals surface area contributed by atoms with Crippen LogP contribution < -0.4 is 14.5 Å². The molecule has 2 aromatic heterocycles. The summed E-state index contributed by atoms with van der Waals surface area (Å²) in [7, 11) is 0. The number of para-hydroxylation sites is 1. The van der Waals surface area contributed by atoms with Gasteiger partial charge in [-0.3, -0.25) is 0 Å². The third-order valence-corrected chi connectivity index (χ3v) is 12.7. The number of hydrogen-bond acceptors (Lipinski definition) is 4. The standard InChI is InChI=1S/C62H57N4O.Pt/c1-60(2,3)46-31-32-63-58(35-46)66-55-28-20-19-27-51(55)52-30-29-49(39-56(52)66)67-50-34-45(42-21-13-10-14-22-42)33-48(36-50)65-41-64(40-57(65)61(4,5)6)47-37-53(43-23-15-11-16-24-43)59(62(7,8)9)54(38-47)44-25-17-12-18-26-44;/h10-35,37-38,40-41H,1-9H3;/q-3;. The first-order valence-corrected chi connectivity index (χ1v) is 23.3. The van der Waals surface area contributed by atoms with Crippen molar-refractivity contribution in [3.05, 3.63) is 212 Å². The van der Waals surface area contributed by atoms with E-state index >= 15 is 0 Å². The molecule has 0 fully saturated rings. The molecule has 68 heavy (non-hydrogen) atoms. The number of benzene rings is 7. The molecule has 0 spiro atoms. The molecule has 0 bridgehead atoms. The number of rotatable bonds is 8. The van der Waals surface area contributed by atoms with Crippen LogP contribution in [0.2, 0.25) is 0 Å². The second-order valence-corrected chi connectivity index (χ2v) is 20.7. The van der Waals surface area contributed by atoms with Gasteiger partial charge in [0, 0.05) is 61.1 Å². The summed E-state index contributed by atoms with van der Waals surface area (Å²) in [5.41, 5.74) is 14.1. The molecule has 5 nitrogen and oxygen atoms in total. The molecule has 6 heteroatoms. The Balaban J connectivity index is 0.00000578. The van der Waals surface area contributed by atoms with Gasteiger partial charge in [-0.1, -0.05) is 177 Å². The van der Waals surface area contributed by atoms with E-state index in [0.29, 0.717) is 11.5 Å². The van der Waals surface area contributed by atoms with Gasteiger partial charge in [0.05, 0.1) is 0 Å². The van der Waals surface area contributed by atoms with E-state index in [9.17, 15) is 0 Å². The Hall–Kier alpha value is -6.68. The van der Waals surface area contributed by atoms with Crippen LogP contribution in [-0.2, 0) is 31.9 Å². The molecule has 1 aliphatic rings. The Labute approximate surface area is 417 Å². The van der Waals surface area contributed by atoms with Gasteiger partial charge >= 0.3 is 0 Å². The minimum Gasteiger partial charge on any atom is -0.509 e. The molecular weight excluding hydrogens is 1010 g/mol. The molecule has 0 saturated carbocycles. The minimum atomic E-state index is -0.233. The second kappa shape index (κ2) is 18.1. The SMILES string of the molecule is CC(C)(C)C1=CN(c2cc(-c3ccccc3)c(C(C)(C)C)c(-c3ccccc3)c2)[CH-]N1c1[c-]c(Oc2[c-]c3c(cc2)c2ccccc2n3-c2cc(C(C)(C)C)ccn2)cc(-c2ccccc2)c1.[Pt]. The summed E-state index contributed by atoms with van der Waals surface area (Å²) in [5, 5.41) is 2.22. The van der Waals surface area contributed by atoms with Crippen LogP contribution in [0.3, 0.4) is 0 Å². The average molecular weight is 1070 g/mol. The average Bonchev–Trinajstić information content (AvgIpc) is 3.92. The van der Waals surface area contributed by atoms with E-state index in [0.717, 1.165) is 55.8 Å². The molecule has 0 aliphatic carbocycles. The molecule has 1 aliphatic heterocycles. The van der Waals surface area contributed by atoms with Gasteiger partial charge in [-0.05, 0) is 91.7 Å². The van der Waals surface area contributed by atoms with Gasteiger partial charge in [-0.25, -0.2) is 4.98 Å². The number of fused-ring (bicyclic) bond motifs is 3. The Morgan fingerprint density at radius 1 is 0.529 bits per heavy atom. The molecule has 3 heterocycles. The summed E-state index contributed by atoms with van der Waals surface area (Å²) in [6.07, 6.45) is 4.19. The van der Waals surface area contributed by atoms with Gasteiger partial charge in [0.15, 0.2) is 0 Å². The second-order valence-electron chi connectivity index (χ2n) is 20.7. The molecule has 0 N–H and O–H groups in total. The molecule has 0 atom stereocenters. The summed E-state index contributed by atoms with van der Waals surface area (Å²) >= 11 is 0. The quantitative estimate of drug-likeness (QED) is 0.142. The minimum absolute atomic E-state index is 0. The molecular formula is C62H57N4OPt-3. The Bertz CT molecular complexity index is 3240. The van der Waals surface area contributed by atoms with Crippen molar-refractivity contribution < 1.29 is 25.8 Å². The molecule has 10 rings (SSSR count). The predicted molar refractivity (Wildman–Crippen MR) is 280 cm³/mol. The Kier molecular flexibility index (Phi) is 12.4. The van der Waals surface area contributed by atoms with E-state index in [1.165, 1.54) is 33.4 Å². The smallest absolute Gasteiger partial charge is 0.135 e. The zero-order valence-corrected chi connectivity index (χ0v) is 42.6. The van der Waals surface area contributed by atoms with E-state index < -0.39 is 0 Å². The first kappa shape index (κ1) is 46.4. The van der Waals surface area contributed by atoms with Crippen molar-refractivity contribution in [3.8, 4) is 50.7 Å². The van der Waals surface area contributed by atoms with E-state index in [2.05, 4.69) is 259 Å². The van der Waals surface area contributed by atoms with E-state index in [1.807, 2.05) is 12.3 Å². The third kappa shape index (κ3) is 9.05. The van der Waals surface area contributed by atoms with E-state index in [1.54, 1.807) is 0 Å². The van der Waals surface area contributed by atoms with Crippen LogP contribution >= 0.6 is 0 Å². The van der Waals surface area contributed by atoms with Crippen molar-refractivity contribution >= 4 is 33.2 Å². The predicted octanol–water partition coefficient (Wildman–Crippen LogP) is 16.5. The summed E-state index contributed by atoms with van der Waals surface area (Å²) < 4.78 is 9.11. The van der Waals surface area contributed by atoms with E-state index in [4.69, 9.17) is 9.72 Å². The van der Waals surface area contributed by atoms with Crippen LogP contribution in [0.25, 0.3) is 61.0 Å². The molecule has 0 unspecified atom stereocenters. The Morgan fingerprint density at radius 3 is 1.74 bits per heavy atom. The molecule has 0 saturated heterocycles. The maximum Gasteiger partial charge on any atom is 0.135 e. The molecule has 9 aromatic rings. The fourth-order valence-corrected chi connectivity index (χ4v) is 9.38. The van der Waals surface area contributed by atoms with Crippen molar-refractivity contribution in [2.24, 2.45) is 5.41 Å². The van der Waals surface area contributed by atoms with Crippen LogP contribution in [-0.4, -0.2) is 9.55 Å². The van der Waals surface area contributed by atoms with Gasteiger partial charge in [-0.15, -0.1) is 53.6 Å².